The maximum absolute atomic E-state index is 12.6. The molecule has 0 aromatic heterocycles. The fourth-order valence-electron chi connectivity index (χ4n) is 3.44. The van der Waals surface area contributed by atoms with Gasteiger partial charge in [-0.15, -0.1) is 0 Å². The maximum atomic E-state index is 12.6. The van der Waals surface area contributed by atoms with Gasteiger partial charge >= 0.3 is 0 Å². The lowest BCUT2D eigenvalue weighted by Crippen LogP contribution is -2.36. The lowest BCUT2D eigenvalue weighted by Gasteiger charge is -2.16. The van der Waals surface area contributed by atoms with Crippen LogP contribution in [-0.2, 0) is 23.1 Å². The van der Waals surface area contributed by atoms with Crippen molar-refractivity contribution in [1.82, 2.24) is 14.9 Å². The Bertz CT molecular complexity index is 982. The second kappa shape index (κ2) is 9.95. The SMILES string of the molecule is CN=C(NCc1ccc(S(=O)(=O)N2CCCC2)cc1)NCc1ccc(C)cc1OC. The van der Waals surface area contributed by atoms with E-state index in [2.05, 4.69) is 15.6 Å². The normalized spacial score (nSPS) is 15.2. The van der Waals surface area contributed by atoms with Crippen LogP contribution in [0.25, 0.3) is 0 Å². The van der Waals surface area contributed by atoms with Gasteiger partial charge < -0.3 is 15.4 Å². The zero-order valence-corrected chi connectivity index (χ0v) is 18.6. The first-order valence-electron chi connectivity index (χ1n) is 10.1. The number of benzene rings is 2. The summed E-state index contributed by atoms with van der Waals surface area (Å²) in [6.07, 6.45) is 1.86. The van der Waals surface area contributed by atoms with Gasteiger partial charge in [0, 0.05) is 38.8 Å². The first-order valence-corrected chi connectivity index (χ1v) is 11.5. The van der Waals surface area contributed by atoms with Crippen LogP contribution in [0.5, 0.6) is 5.75 Å². The molecule has 162 valence electrons. The number of hydrogen-bond acceptors (Lipinski definition) is 4. The van der Waals surface area contributed by atoms with E-state index >= 15 is 0 Å². The monoisotopic (exact) mass is 430 g/mol. The van der Waals surface area contributed by atoms with Crippen LogP contribution in [-0.4, -0.2) is 45.9 Å². The van der Waals surface area contributed by atoms with E-state index in [-0.39, 0.29) is 0 Å². The molecule has 7 nitrogen and oxygen atoms in total. The third kappa shape index (κ3) is 5.31. The molecule has 1 saturated heterocycles. The zero-order valence-electron chi connectivity index (χ0n) is 17.8. The highest BCUT2D eigenvalue weighted by atomic mass is 32.2. The first-order chi connectivity index (χ1) is 14.4. The van der Waals surface area contributed by atoms with Gasteiger partial charge in [-0.3, -0.25) is 4.99 Å². The summed E-state index contributed by atoms with van der Waals surface area (Å²) in [5.74, 6) is 1.50. The Kier molecular flexibility index (Phi) is 7.33. The summed E-state index contributed by atoms with van der Waals surface area (Å²) in [5, 5.41) is 6.54. The van der Waals surface area contributed by atoms with Crippen molar-refractivity contribution < 1.29 is 13.2 Å². The van der Waals surface area contributed by atoms with Gasteiger partial charge in [0.15, 0.2) is 5.96 Å². The molecule has 2 aromatic rings. The van der Waals surface area contributed by atoms with Gasteiger partial charge in [0.05, 0.1) is 12.0 Å². The number of ether oxygens (including phenoxy) is 1. The molecule has 1 aliphatic rings. The molecule has 30 heavy (non-hydrogen) atoms. The number of rotatable bonds is 7. The largest absolute Gasteiger partial charge is 0.496 e. The first kappa shape index (κ1) is 22.1. The van der Waals surface area contributed by atoms with E-state index in [9.17, 15) is 8.42 Å². The average Bonchev–Trinajstić information content (AvgIpc) is 3.31. The molecule has 0 unspecified atom stereocenters. The number of methoxy groups -OCH3 is 1. The van der Waals surface area contributed by atoms with Crippen LogP contribution >= 0.6 is 0 Å². The third-order valence-electron chi connectivity index (χ3n) is 5.20. The quantitative estimate of drug-likeness (QED) is 0.521. The lowest BCUT2D eigenvalue weighted by atomic mass is 10.1. The summed E-state index contributed by atoms with van der Waals surface area (Å²) in [5.41, 5.74) is 3.17. The summed E-state index contributed by atoms with van der Waals surface area (Å²) >= 11 is 0. The highest BCUT2D eigenvalue weighted by Gasteiger charge is 2.26. The van der Waals surface area contributed by atoms with Crippen LogP contribution in [0.4, 0.5) is 0 Å². The molecule has 0 atom stereocenters. The Balaban J connectivity index is 1.56. The Labute approximate surface area is 179 Å². The van der Waals surface area contributed by atoms with Gasteiger partial charge in [-0.05, 0) is 49.1 Å². The van der Waals surface area contributed by atoms with Crippen LogP contribution in [0, 0.1) is 6.92 Å². The topological polar surface area (TPSA) is 83.0 Å². The Morgan fingerprint density at radius 2 is 1.73 bits per heavy atom. The molecule has 1 fully saturated rings. The molecule has 8 heteroatoms. The molecule has 0 bridgehead atoms. The van der Waals surface area contributed by atoms with Crippen molar-refractivity contribution in [3.8, 4) is 5.75 Å². The van der Waals surface area contributed by atoms with Gasteiger partial charge in [0.2, 0.25) is 10.0 Å². The van der Waals surface area contributed by atoms with Crippen LogP contribution < -0.4 is 15.4 Å². The van der Waals surface area contributed by atoms with Crippen LogP contribution in [0.3, 0.4) is 0 Å². The highest BCUT2D eigenvalue weighted by Crippen LogP contribution is 2.21. The number of aryl methyl sites for hydroxylation is 1. The smallest absolute Gasteiger partial charge is 0.243 e. The number of hydrogen-bond donors (Lipinski definition) is 2. The molecule has 2 N–H and O–H groups in total. The van der Waals surface area contributed by atoms with Crippen LogP contribution in [0.1, 0.15) is 29.5 Å². The predicted molar refractivity (Wildman–Crippen MR) is 119 cm³/mol. The van der Waals surface area contributed by atoms with Crippen molar-refractivity contribution in [3.05, 3.63) is 59.2 Å². The van der Waals surface area contributed by atoms with E-state index < -0.39 is 10.0 Å². The van der Waals surface area contributed by atoms with Gasteiger partial charge in [0.1, 0.15) is 5.75 Å². The molecule has 0 spiro atoms. The molecule has 0 aliphatic carbocycles. The second-order valence-corrected chi connectivity index (χ2v) is 9.29. The van der Waals surface area contributed by atoms with Gasteiger partial charge in [-0.2, -0.15) is 4.31 Å². The van der Waals surface area contributed by atoms with Crippen molar-refractivity contribution in [2.45, 2.75) is 37.8 Å². The number of aliphatic imine (C=N–C) groups is 1. The van der Waals surface area contributed by atoms with Crippen molar-refractivity contribution in [3.63, 3.8) is 0 Å². The minimum Gasteiger partial charge on any atom is -0.496 e. The maximum Gasteiger partial charge on any atom is 0.243 e. The fourth-order valence-corrected chi connectivity index (χ4v) is 4.96. The number of sulfonamides is 1. The minimum atomic E-state index is -3.38. The molecular formula is C22H30N4O3S. The Morgan fingerprint density at radius 1 is 1.07 bits per heavy atom. The molecule has 0 radical (unpaired) electrons. The van der Waals surface area contributed by atoms with E-state index in [1.54, 1.807) is 30.6 Å². The van der Waals surface area contributed by atoms with Gasteiger partial charge in [-0.1, -0.05) is 24.3 Å². The van der Waals surface area contributed by atoms with Crippen molar-refractivity contribution in [2.75, 3.05) is 27.2 Å². The van der Waals surface area contributed by atoms with E-state index in [1.807, 2.05) is 37.3 Å². The predicted octanol–water partition coefficient (Wildman–Crippen LogP) is 2.65. The molecule has 0 amide bonds. The summed E-state index contributed by atoms with van der Waals surface area (Å²) in [6.45, 7) is 4.37. The standard InChI is InChI=1S/C22H30N4O3S/c1-17-6-9-19(21(14-17)29-3)16-25-22(23-2)24-15-18-7-10-20(11-8-18)30(27,28)26-12-4-5-13-26/h6-11,14H,4-5,12-13,15-16H2,1-3H3,(H2,23,24,25). The number of guanidine groups is 1. The summed E-state index contributed by atoms with van der Waals surface area (Å²) in [4.78, 5) is 4.60. The van der Waals surface area contributed by atoms with Crippen molar-refractivity contribution in [2.24, 2.45) is 4.99 Å². The number of nitrogens with one attached hydrogen (secondary N) is 2. The summed E-state index contributed by atoms with van der Waals surface area (Å²) in [6, 6.07) is 13.1. The lowest BCUT2D eigenvalue weighted by molar-refractivity contribution is 0.408. The Hall–Kier alpha value is -2.58. The molecule has 2 aromatic carbocycles. The van der Waals surface area contributed by atoms with Crippen LogP contribution in [0.2, 0.25) is 0 Å². The van der Waals surface area contributed by atoms with E-state index in [0.29, 0.717) is 37.0 Å². The average molecular weight is 431 g/mol. The number of nitrogens with zero attached hydrogens (tertiary/aromatic N) is 2. The van der Waals surface area contributed by atoms with E-state index in [1.165, 1.54) is 0 Å². The molecule has 1 aliphatic heterocycles. The minimum absolute atomic E-state index is 0.349. The van der Waals surface area contributed by atoms with E-state index in [4.69, 9.17) is 4.74 Å². The molecule has 0 saturated carbocycles. The third-order valence-corrected chi connectivity index (χ3v) is 7.11. The van der Waals surface area contributed by atoms with Crippen molar-refractivity contribution in [1.29, 1.82) is 0 Å². The molecule has 3 rings (SSSR count). The summed E-state index contributed by atoms with van der Waals surface area (Å²) in [7, 11) is 0.00590. The summed E-state index contributed by atoms with van der Waals surface area (Å²) < 4.78 is 32.2. The Morgan fingerprint density at radius 3 is 2.37 bits per heavy atom. The second-order valence-electron chi connectivity index (χ2n) is 7.35. The molecule has 1 heterocycles. The zero-order chi connectivity index (χ0) is 21.6. The van der Waals surface area contributed by atoms with Crippen LogP contribution in [0.15, 0.2) is 52.4 Å². The van der Waals surface area contributed by atoms with Crippen molar-refractivity contribution >= 4 is 16.0 Å². The highest BCUT2D eigenvalue weighted by molar-refractivity contribution is 7.89. The fraction of sp³-hybridized carbons (Fsp3) is 0.409. The molecular weight excluding hydrogens is 400 g/mol. The van der Waals surface area contributed by atoms with E-state index in [0.717, 1.165) is 35.3 Å². The van der Waals surface area contributed by atoms with Gasteiger partial charge in [-0.25, -0.2) is 8.42 Å². The van der Waals surface area contributed by atoms with Gasteiger partial charge in [0.25, 0.3) is 0 Å².